The smallest absolute Gasteiger partial charge is 0.339 e. The fourth-order valence-corrected chi connectivity index (χ4v) is 3.13. The van der Waals surface area contributed by atoms with E-state index in [1.165, 1.54) is 5.56 Å². The molecule has 2 aromatic carbocycles. The van der Waals surface area contributed by atoms with E-state index in [0.717, 1.165) is 11.1 Å². The number of carbonyl (C=O) groups is 1. The number of aryl methyl sites for hydroxylation is 1. The zero-order valence-electron chi connectivity index (χ0n) is 10.5. The van der Waals surface area contributed by atoms with E-state index in [0.29, 0.717) is 5.56 Å². The molecule has 1 heterocycles. The minimum absolute atomic E-state index is 0.0101. The fourth-order valence-electron chi connectivity index (χ4n) is 2.32. The third-order valence-electron chi connectivity index (χ3n) is 3.38. The largest absolute Gasteiger partial charge is 0.452 e. The highest BCUT2D eigenvalue weighted by molar-refractivity contribution is 9.09. The predicted molar refractivity (Wildman–Crippen MR) is 77.4 cm³/mol. The number of hydrogen-bond donors (Lipinski definition) is 0. The molecule has 0 bridgehead atoms. The number of carbonyl (C=O) groups excluding carboxylic acids is 1. The maximum atomic E-state index is 12.0. The van der Waals surface area contributed by atoms with E-state index in [-0.39, 0.29) is 16.9 Å². The Balaban J connectivity index is 2.02. The molecule has 0 aromatic heterocycles. The van der Waals surface area contributed by atoms with Crippen LogP contribution in [0.1, 0.15) is 38.0 Å². The topological polar surface area (TPSA) is 26.3 Å². The number of cyclic esters (lactones) is 1. The summed E-state index contributed by atoms with van der Waals surface area (Å²) in [5, 5.41) is 0. The maximum absolute atomic E-state index is 12.0. The Morgan fingerprint density at radius 3 is 2.47 bits per heavy atom. The number of halogens is 1. The standard InChI is InChI=1S/C16H13BrO2/c1-10-6-8-11(9-7-10)15-14(17)12-4-2-3-5-13(12)16(18)19-15/h2-9,14-15H,1H3/t14-,15+/m1/s1. The molecule has 2 aromatic rings. The molecule has 0 spiro atoms. The molecule has 0 saturated carbocycles. The van der Waals surface area contributed by atoms with E-state index in [4.69, 9.17) is 4.74 Å². The van der Waals surface area contributed by atoms with Crippen LogP contribution in [-0.4, -0.2) is 5.97 Å². The molecule has 0 fully saturated rings. The van der Waals surface area contributed by atoms with E-state index < -0.39 is 0 Å². The highest BCUT2D eigenvalue weighted by Crippen LogP contribution is 2.44. The molecule has 0 amide bonds. The predicted octanol–water partition coefficient (Wildman–Crippen LogP) is 4.34. The van der Waals surface area contributed by atoms with Crippen molar-refractivity contribution < 1.29 is 9.53 Å². The molecule has 96 valence electrons. The molecule has 0 unspecified atom stereocenters. The Morgan fingerprint density at radius 2 is 1.74 bits per heavy atom. The van der Waals surface area contributed by atoms with Crippen molar-refractivity contribution >= 4 is 21.9 Å². The first-order chi connectivity index (χ1) is 9.16. The van der Waals surface area contributed by atoms with Crippen LogP contribution >= 0.6 is 15.9 Å². The van der Waals surface area contributed by atoms with E-state index in [9.17, 15) is 4.79 Å². The quantitative estimate of drug-likeness (QED) is 0.577. The van der Waals surface area contributed by atoms with Gasteiger partial charge in [0.25, 0.3) is 0 Å². The van der Waals surface area contributed by atoms with Crippen molar-refractivity contribution in [2.24, 2.45) is 0 Å². The van der Waals surface area contributed by atoms with Gasteiger partial charge in [-0.3, -0.25) is 0 Å². The van der Waals surface area contributed by atoms with Gasteiger partial charge < -0.3 is 4.74 Å². The number of rotatable bonds is 1. The number of fused-ring (bicyclic) bond motifs is 1. The van der Waals surface area contributed by atoms with Gasteiger partial charge >= 0.3 is 5.97 Å². The zero-order chi connectivity index (χ0) is 13.4. The fraction of sp³-hybridized carbons (Fsp3) is 0.188. The second kappa shape index (κ2) is 4.82. The summed E-state index contributed by atoms with van der Waals surface area (Å²) in [6, 6.07) is 15.6. The molecular formula is C16H13BrO2. The molecule has 1 aliphatic heterocycles. The van der Waals surface area contributed by atoms with Gasteiger partial charge in [0.2, 0.25) is 0 Å². The summed E-state index contributed by atoms with van der Waals surface area (Å²) >= 11 is 3.66. The third kappa shape index (κ3) is 2.19. The van der Waals surface area contributed by atoms with Crippen molar-refractivity contribution in [3.63, 3.8) is 0 Å². The lowest BCUT2D eigenvalue weighted by molar-refractivity contribution is 0.0249. The summed E-state index contributed by atoms with van der Waals surface area (Å²) < 4.78 is 5.57. The first kappa shape index (κ1) is 12.4. The lowest BCUT2D eigenvalue weighted by Crippen LogP contribution is -2.23. The van der Waals surface area contributed by atoms with Crippen molar-refractivity contribution in [3.05, 3.63) is 70.8 Å². The van der Waals surface area contributed by atoms with Crippen molar-refractivity contribution in [2.45, 2.75) is 17.9 Å². The van der Waals surface area contributed by atoms with Gasteiger partial charge in [-0.1, -0.05) is 64.0 Å². The van der Waals surface area contributed by atoms with Crippen molar-refractivity contribution in [3.8, 4) is 0 Å². The SMILES string of the molecule is Cc1ccc([C@@H]2OC(=O)c3ccccc3[C@H]2Br)cc1. The van der Waals surface area contributed by atoms with Gasteiger partial charge in [-0.15, -0.1) is 0 Å². The number of esters is 1. The normalized spacial score (nSPS) is 21.7. The molecule has 3 heteroatoms. The summed E-state index contributed by atoms with van der Waals surface area (Å²) in [4.78, 5) is 12.0. The van der Waals surface area contributed by atoms with Crippen molar-refractivity contribution in [1.29, 1.82) is 0 Å². The van der Waals surface area contributed by atoms with Gasteiger partial charge in [-0.25, -0.2) is 4.79 Å². The summed E-state index contributed by atoms with van der Waals surface area (Å²) in [6.07, 6.45) is -0.275. The van der Waals surface area contributed by atoms with Crippen LogP contribution in [-0.2, 0) is 4.74 Å². The van der Waals surface area contributed by atoms with Gasteiger partial charge in [-0.05, 0) is 24.1 Å². The van der Waals surface area contributed by atoms with Crippen LogP contribution in [0.25, 0.3) is 0 Å². The molecule has 0 saturated heterocycles. The molecular weight excluding hydrogens is 304 g/mol. The van der Waals surface area contributed by atoms with Crippen LogP contribution in [0.2, 0.25) is 0 Å². The molecule has 3 rings (SSSR count). The van der Waals surface area contributed by atoms with Crippen molar-refractivity contribution in [2.75, 3.05) is 0 Å². The molecule has 2 nitrogen and oxygen atoms in total. The number of hydrogen-bond acceptors (Lipinski definition) is 2. The van der Waals surface area contributed by atoms with E-state index in [1.54, 1.807) is 6.07 Å². The van der Waals surface area contributed by atoms with Crippen LogP contribution in [0.5, 0.6) is 0 Å². The molecule has 19 heavy (non-hydrogen) atoms. The Kier molecular flexibility index (Phi) is 3.15. The average Bonchev–Trinajstić information content (AvgIpc) is 2.44. The average molecular weight is 317 g/mol. The minimum Gasteiger partial charge on any atom is -0.452 e. The zero-order valence-corrected chi connectivity index (χ0v) is 12.1. The highest BCUT2D eigenvalue weighted by Gasteiger charge is 2.34. The van der Waals surface area contributed by atoms with Crippen molar-refractivity contribution in [1.82, 2.24) is 0 Å². The first-order valence-electron chi connectivity index (χ1n) is 6.17. The first-order valence-corrected chi connectivity index (χ1v) is 7.09. The van der Waals surface area contributed by atoms with E-state index in [2.05, 4.69) is 15.9 Å². The summed E-state index contributed by atoms with van der Waals surface area (Å²) in [7, 11) is 0. The van der Waals surface area contributed by atoms with Gasteiger partial charge in [-0.2, -0.15) is 0 Å². The Hall–Kier alpha value is -1.61. The van der Waals surface area contributed by atoms with Gasteiger partial charge in [0.05, 0.1) is 10.4 Å². The molecule has 0 radical (unpaired) electrons. The summed E-state index contributed by atoms with van der Waals surface area (Å²) in [5.41, 5.74) is 3.84. The van der Waals surface area contributed by atoms with Gasteiger partial charge in [0.1, 0.15) is 6.10 Å². The summed E-state index contributed by atoms with van der Waals surface area (Å²) in [6.45, 7) is 2.04. The lowest BCUT2D eigenvalue weighted by Gasteiger charge is -2.29. The third-order valence-corrected chi connectivity index (χ3v) is 4.36. The molecule has 0 aliphatic carbocycles. The monoisotopic (exact) mass is 316 g/mol. The Morgan fingerprint density at radius 1 is 1.05 bits per heavy atom. The Labute approximate surface area is 120 Å². The molecule has 1 aliphatic rings. The molecule has 2 atom stereocenters. The van der Waals surface area contributed by atoms with Gasteiger partial charge in [0, 0.05) is 0 Å². The van der Waals surface area contributed by atoms with Gasteiger partial charge in [0.15, 0.2) is 0 Å². The lowest BCUT2D eigenvalue weighted by atomic mass is 9.94. The Bertz CT molecular complexity index is 619. The van der Waals surface area contributed by atoms with Crippen LogP contribution in [0.4, 0.5) is 0 Å². The minimum atomic E-state index is -0.275. The number of alkyl halides is 1. The number of benzene rings is 2. The van der Waals surface area contributed by atoms with E-state index >= 15 is 0 Å². The summed E-state index contributed by atoms with van der Waals surface area (Å²) in [5.74, 6) is -0.253. The van der Waals surface area contributed by atoms with Crippen LogP contribution in [0.15, 0.2) is 48.5 Å². The van der Waals surface area contributed by atoms with Crippen LogP contribution in [0.3, 0.4) is 0 Å². The van der Waals surface area contributed by atoms with Crippen LogP contribution in [0, 0.1) is 6.92 Å². The molecule has 0 N–H and O–H groups in total. The second-order valence-electron chi connectivity index (χ2n) is 4.73. The second-order valence-corrected chi connectivity index (χ2v) is 5.71. The van der Waals surface area contributed by atoms with E-state index in [1.807, 2.05) is 49.4 Å². The highest BCUT2D eigenvalue weighted by atomic mass is 79.9. The number of ether oxygens (including phenoxy) is 1. The maximum Gasteiger partial charge on any atom is 0.339 e. The van der Waals surface area contributed by atoms with Crippen LogP contribution < -0.4 is 0 Å².